The van der Waals surface area contributed by atoms with Crippen LogP contribution in [0.5, 0.6) is 11.5 Å². The van der Waals surface area contributed by atoms with E-state index < -0.39 is 6.04 Å². The van der Waals surface area contributed by atoms with E-state index in [2.05, 4.69) is 26.5 Å². The number of aliphatic imine (C=N–C) groups is 1. The highest BCUT2D eigenvalue weighted by molar-refractivity contribution is 5.98. The topological polar surface area (TPSA) is 167 Å². The van der Waals surface area contributed by atoms with Crippen LogP contribution < -0.4 is 31.6 Å². The normalized spacial score (nSPS) is 14.1. The lowest BCUT2D eigenvalue weighted by Gasteiger charge is -2.26. The van der Waals surface area contributed by atoms with Crippen molar-refractivity contribution in [1.82, 2.24) is 10.3 Å². The van der Waals surface area contributed by atoms with E-state index in [0.29, 0.717) is 28.4 Å². The number of rotatable bonds is 4. The van der Waals surface area contributed by atoms with Crippen molar-refractivity contribution in [2.45, 2.75) is 6.04 Å². The number of hydrogen-bond donors (Lipinski definition) is 4. The van der Waals surface area contributed by atoms with Gasteiger partial charge in [0, 0.05) is 5.56 Å². The van der Waals surface area contributed by atoms with Crippen molar-refractivity contribution >= 4 is 23.3 Å². The van der Waals surface area contributed by atoms with E-state index in [1.54, 1.807) is 24.4 Å². The molecule has 0 amide bonds. The van der Waals surface area contributed by atoms with Crippen LogP contribution in [0.2, 0.25) is 0 Å². The molecule has 1 aliphatic heterocycles. The van der Waals surface area contributed by atoms with E-state index in [0.717, 1.165) is 0 Å². The van der Waals surface area contributed by atoms with Crippen molar-refractivity contribution in [3.05, 3.63) is 34.9 Å². The number of nitrogens with zero attached hydrogens (tertiary/aromatic N) is 4. The lowest BCUT2D eigenvalue weighted by molar-refractivity contribution is 0.330. The zero-order valence-corrected chi connectivity index (χ0v) is 15.4. The van der Waals surface area contributed by atoms with Gasteiger partial charge in [-0.25, -0.2) is 9.98 Å². The molecule has 1 aromatic heterocycles. The highest BCUT2D eigenvalue weighted by atomic mass is 16.5. The number of nitrogens with two attached hydrogens (primary N) is 2. The zero-order chi connectivity index (χ0) is 21.0. The zero-order valence-electron chi connectivity index (χ0n) is 15.4. The number of anilines is 3. The number of nitriles is 2. The number of pyridine rings is 1. The van der Waals surface area contributed by atoms with Crippen LogP contribution in [0.1, 0.15) is 22.7 Å². The molecule has 6 N–H and O–H groups in total. The molecule has 0 aliphatic carbocycles. The fourth-order valence-corrected chi connectivity index (χ4v) is 2.92. The minimum Gasteiger partial charge on any atom is -0.493 e. The summed E-state index contributed by atoms with van der Waals surface area (Å²) in [6, 6.07) is 6.42. The molecule has 0 spiro atoms. The molecule has 3 rings (SSSR count). The van der Waals surface area contributed by atoms with Crippen LogP contribution >= 0.6 is 0 Å². The van der Waals surface area contributed by atoms with Crippen LogP contribution in [0, 0.1) is 35.1 Å². The monoisotopic (exact) mass is 388 g/mol. The molecule has 0 bridgehead atoms. The van der Waals surface area contributed by atoms with Gasteiger partial charge in [0.05, 0.1) is 12.8 Å². The predicted octanol–water partition coefficient (Wildman–Crippen LogP) is 1.08. The number of aromatic nitrogens is 1. The summed E-state index contributed by atoms with van der Waals surface area (Å²) >= 11 is 0. The van der Waals surface area contributed by atoms with Crippen molar-refractivity contribution in [2.24, 2.45) is 4.99 Å². The second-order valence-electron chi connectivity index (χ2n) is 5.80. The molecule has 2 aromatic rings. The van der Waals surface area contributed by atoms with Crippen LogP contribution in [0.3, 0.4) is 0 Å². The smallest absolute Gasteiger partial charge is 0.211 e. The number of nitrogens with one attached hydrogen (secondary N) is 2. The molecule has 0 fully saturated rings. The first-order chi connectivity index (χ1) is 14.0. The Labute approximate surface area is 166 Å². The van der Waals surface area contributed by atoms with E-state index in [-0.39, 0.29) is 29.6 Å². The van der Waals surface area contributed by atoms with Gasteiger partial charge in [-0.3, -0.25) is 5.32 Å². The third-order valence-corrected chi connectivity index (χ3v) is 4.17. The molecule has 10 heteroatoms. The van der Waals surface area contributed by atoms with E-state index in [1.165, 1.54) is 7.11 Å². The largest absolute Gasteiger partial charge is 0.493 e. The molecule has 1 aromatic carbocycles. The van der Waals surface area contributed by atoms with E-state index in [4.69, 9.17) is 32.6 Å². The molecule has 29 heavy (non-hydrogen) atoms. The molecular formula is C19H16N8O2. The fourth-order valence-electron chi connectivity index (χ4n) is 2.92. The van der Waals surface area contributed by atoms with Crippen molar-refractivity contribution in [1.29, 1.82) is 10.5 Å². The molecule has 10 nitrogen and oxygen atoms in total. The van der Waals surface area contributed by atoms with Crippen LogP contribution in [-0.4, -0.2) is 24.7 Å². The van der Waals surface area contributed by atoms with Gasteiger partial charge in [0.2, 0.25) is 5.96 Å². The average molecular weight is 388 g/mol. The standard InChI is InChI=1S/C19H16N8O2/c1-3-6-29-13-7-10(4-5-12(13)28-2)16-14-15(22)11(8-20)17(23)26-18(14)27-19(25-16)24-9-21/h1,4-5,7,16H,6H2,2H3,(H6,22,23,24,25,26,27). The molecule has 0 radical (unpaired) electrons. The van der Waals surface area contributed by atoms with Gasteiger partial charge >= 0.3 is 0 Å². The van der Waals surface area contributed by atoms with Gasteiger partial charge < -0.3 is 26.3 Å². The van der Waals surface area contributed by atoms with Crippen LogP contribution in [0.25, 0.3) is 0 Å². The third-order valence-electron chi connectivity index (χ3n) is 4.17. The highest BCUT2D eigenvalue weighted by Gasteiger charge is 2.30. The number of ether oxygens (including phenoxy) is 2. The van der Waals surface area contributed by atoms with Gasteiger partial charge in [-0.15, -0.1) is 6.42 Å². The number of methoxy groups -OCH3 is 1. The molecule has 144 valence electrons. The summed E-state index contributed by atoms with van der Waals surface area (Å²) in [6.45, 7) is 0.0476. The minimum absolute atomic E-state index is 0.0269. The number of benzene rings is 1. The summed E-state index contributed by atoms with van der Waals surface area (Å²) < 4.78 is 10.8. The summed E-state index contributed by atoms with van der Waals surface area (Å²) in [5, 5.41) is 23.7. The van der Waals surface area contributed by atoms with Gasteiger partial charge in [-0.05, 0) is 17.7 Å². The first-order valence-electron chi connectivity index (χ1n) is 8.27. The van der Waals surface area contributed by atoms with E-state index >= 15 is 0 Å². The maximum Gasteiger partial charge on any atom is 0.211 e. The fraction of sp³-hybridized carbons (Fsp3) is 0.158. The predicted molar refractivity (Wildman–Crippen MR) is 107 cm³/mol. The van der Waals surface area contributed by atoms with Gasteiger partial charge in [-0.2, -0.15) is 10.5 Å². The number of hydrogen-bond acceptors (Lipinski definition) is 10. The molecule has 1 aliphatic rings. The van der Waals surface area contributed by atoms with Gasteiger partial charge in [0.25, 0.3) is 0 Å². The Bertz CT molecular complexity index is 1120. The molecule has 0 saturated heterocycles. The summed E-state index contributed by atoms with van der Waals surface area (Å²) in [6.07, 6.45) is 7.07. The quantitative estimate of drug-likeness (QED) is 0.340. The summed E-state index contributed by atoms with van der Waals surface area (Å²) in [5.74, 6) is 3.71. The number of terminal acetylenes is 1. The Kier molecular flexibility index (Phi) is 5.25. The van der Waals surface area contributed by atoms with Crippen molar-refractivity contribution in [3.8, 4) is 36.1 Å². The van der Waals surface area contributed by atoms with Crippen LogP contribution in [-0.2, 0) is 0 Å². The van der Waals surface area contributed by atoms with Crippen molar-refractivity contribution in [3.63, 3.8) is 0 Å². The lowest BCUT2D eigenvalue weighted by Crippen LogP contribution is -2.32. The Morgan fingerprint density at radius 2 is 2.10 bits per heavy atom. The molecule has 1 unspecified atom stereocenters. The van der Waals surface area contributed by atoms with Crippen molar-refractivity contribution in [2.75, 3.05) is 30.5 Å². The molecule has 0 saturated carbocycles. The maximum atomic E-state index is 9.39. The summed E-state index contributed by atoms with van der Waals surface area (Å²) in [7, 11) is 1.51. The lowest BCUT2D eigenvalue weighted by atomic mass is 9.95. The first kappa shape index (κ1) is 19.2. The average Bonchev–Trinajstić information content (AvgIpc) is 2.71. The maximum absolute atomic E-state index is 9.39. The second-order valence-corrected chi connectivity index (χ2v) is 5.80. The van der Waals surface area contributed by atoms with Gasteiger partial charge in [0.15, 0.2) is 17.7 Å². The molecule has 2 heterocycles. The number of guanidine groups is 1. The van der Waals surface area contributed by atoms with Crippen LogP contribution in [0.15, 0.2) is 23.2 Å². The van der Waals surface area contributed by atoms with E-state index in [1.807, 2.05) is 6.07 Å². The second kappa shape index (κ2) is 7.95. The van der Waals surface area contributed by atoms with Gasteiger partial charge in [0.1, 0.15) is 35.9 Å². The highest BCUT2D eigenvalue weighted by Crippen LogP contribution is 2.42. The Morgan fingerprint density at radius 1 is 1.31 bits per heavy atom. The Morgan fingerprint density at radius 3 is 2.76 bits per heavy atom. The number of nitrogen functional groups attached to an aromatic ring is 2. The van der Waals surface area contributed by atoms with Gasteiger partial charge in [-0.1, -0.05) is 12.0 Å². The van der Waals surface area contributed by atoms with Crippen molar-refractivity contribution < 1.29 is 9.47 Å². The Balaban J connectivity index is 2.20. The van der Waals surface area contributed by atoms with Crippen LogP contribution in [0.4, 0.5) is 17.3 Å². The molecule has 1 atom stereocenters. The minimum atomic E-state index is -0.693. The number of fused-ring (bicyclic) bond motifs is 1. The summed E-state index contributed by atoms with van der Waals surface area (Å²) in [5.41, 5.74) is 13.4. The molecular weight excluding hydrogens is 372 g/mol. The first-order valence-corrected chi connectivity index (χ1v) is 8.27. The SMILES string of the molecule is C#CCOc1cc(C2N=C(NC#N)Nc3nc(N)c(C#N)c(N)c32)ccc1OC. The summed E-state index contributed by atoms with van der Waals surface area (Å²) in [4.78, 5) is 8.70. The van der Waals surface area contributed by atoms with E-state index in [9.17, 15) is 5.26 Å². The third kappa shape index (κ3) is 3.48. The Hall–Kier alpha value is -4.62.